The Hall–Kier alpha value is -1.59. The fourth-order valence-corrected chi connectivity index (χ4v) is 3.60. The van der Waals surface area contributed by atoms with E-state index in [-0.39, 0.29) is 17.9 Å². The van der Waals surface area contributed by atoms with Crippen LogP contribution in [-0.4, -0.2) is 43.0 Å². The topological polar surface area (TPSA) is 67.8 Å². The number of methoxy groups -OCH3 is 1. The maximum Gasteiger partial charge on any atom is 0.308 e. The van der Waals surface area contributed by atoms with Gasteiger partial charge in [-0.15, -0.1) is 0 Å². The Morgan fingerprint density at radius 1 is 1.22 bits per heavy atom. The van der Waals surface area contributed by atoms with Crippen molar-refractivity contribution in [2.24, 2.45) is 5.92 Å². The van der Waals surface area contributed by atoms with Crippen LogP contribution in [0.2, 0.25) is 0 Å². The largest absolute Gasteiger partial charge is 0.497 e. The summed E-state index contributed by atoms with van der Waals surface area (Å²) < 4.78 is 10.5. The predicted molar refractivity (Wildman–Crippen MR) is 107 cm³/mol. The third-order valence-electron chi connectivity index (χ3n) is 5.23. The Morgan fingerprint density at radius 3 is 2.52 bits per heavy atom. The number of aliphatic hydroxyl groups excluding tert-OH is 1. The molecule has 1 aliphatic carbocycles. The van der Waals surface area contributed by atoms with Gasteiger partial charge in [0, 0.05) is 12.1 Å². The second-order valence-corrected chi connectivity index (χ2v) is 8.33. The van der Waals surface area contributed by atoms with Gasteiger partial charge in [-0.3, -0.25) is 4.79 Å². The number of esters is 1. The van der Waals surface area contributed by atoms with E-state index in [1.807, 2.05) is 24.3 Å². The molecule has 0 aliphatic heterocycles. The van der Waals surface area contributed by atoms with E-state index in [9.17, 15) is 9.90 Å². The van der Waals surface area contributed by atoms with Crippen molar-refractivity contribution < 1.29 is 19.4 Å². The monoisotopic (exact) mass is 377 g/mol. The van der Waals surface area contributed by atoms with Crippen molar-refractivity contribution in [2.75, 3.05) is 20.3 Å². The van der Waals surface area contributed by atoms with Gasteiger partial charge in [0.05, 0.1) is 26.2 Å². The Morgan fingerprint density at radius 2 is 1.89 bits per heavy atom. The molecule has 1 aromatic carbocycles. The molecule has 5 nitrogen and oxygen atoms in total. The van der Waals surface area contributed by atoms with Crippen molar-refractivity contribution in [1.29, 1.82) is 0 Å². The lowest BCUT2D eigenvalue weighted by molar-refractivity contribution is -0.147. The van der Waals surface area contributed by atoms with Crippen molar-refractivity contribution in [3.63, 3.8) is 0 Å². The lowest BCUT2D eigenvalue weighted by atomic mass is 9.90. The fraction of sp³-hybridized carbons (Fsp3) is 0.682. The minimum Gasteiger partial charge on any atom is -0.497 e. The van der Waals surface area contributed by atoms with Crippen molar-refractivity contribution in [1.82, 2.24) is 5.32 Å². The molecular formula is C22H35NO4. The van der Waals surface area contributed by atoms with Gasteiger partial charge in [-0.2, -0.15) is 0 Å². The standard InChI is InChI=1S/C22H35NO4/c1-22(2,14-17-9-11-20(26-3)12-10-17)23-15-19(24)13-21(25)27-16-18-7-5-4-6-8-18/h9-12,18-19,23-24H,4-8,13-16H2,1-3H3. The summed E-state index contributed by atoms with van der Waals surface area (Å²) in [5.74, 6) is 1.04. The zero-order valence-electron chi connectivity index (χ0n) is 17.0. The highest BCUT2D eigenvalue weighted by molar-refractivity contribution is 5.69. The van der Waals surface area contributed by atoms with E-state index in [4.69, 9.17) is 9.47 Å². The number of β-amino-alcohol motifs (C(OH)–C–C–N with tert-alkyl or cyclic N) is 1. The van der Waals surface area contributed by atoms with Gasteiger partial charge in [0.1, 0.15) is 5.75 Å². The van der Waals surface area contributed by atoms with Gasteiger partial charge < -0.3 is 19.9 Å². The number of nitrogens with one attached hydrogen (secondary N) is 1. The molecular weight excluding hydrogens is 342 g/mol. The van der Waals surface area contributed by atoms with Gasteiger partial charge in [-0.1, -0.05) is 31.4 Å². The number of carbonyl (C=O) groups is 1. The first-order valence-electron chi connectivity index (χ1n) is 10.1. The van der Waals surface area contributed by atoms with Crippen LogP contribution >= 0.6 is 0 Å². The summed E-state index contributed by atoms with van der Waals surface area (Å²) in [6.07, 6.45) is 6.18. The minimum absolute atomic E-state index is 0.0400. The summed E-state index contributed by atoms with van der Waals surface area (Å²) in [7, 11) is 1.65. The molecule has 0 saturated heterocycles. The molecule has 1 atom stereocenters. The second kappa shape index (κ2) is 10.7. The van der Waals surface area contributed by atoms with Crippen molar-refractivity contribution in [3.8, 4) is 5.75 Å². The van der Waals surface area contributed by atoms with E-state index < -0.39 is 6.10 Å². The summed E-state index contributed by atoms with van der Waals surface area (Å²) in [5.41, 5.74) is 0.997. The number of benzene rings is 1. The molecule has 2 rings (SSSR count). The molecule has 0 aromatic heterocycles. The predicted octanol–water partition coefficient (Wildman–Crippen LogP) is 3.48. The number of rotatable bonds is 10. The molecule has 0 spiro atoms. The molecule has 1 fully saturated rings. The molecule has 1 aliphatic rings. The van der Waals surface area contributed by atoms with E-state index in [1.54, 1.807) is 7.11 Å². The Bertz CT molecular complexity index is 564. The summed E-state index contributed by atoms with van der Waals surface area (Å²) in [4.78, 5) is 12.0. The number of hydrogen-bond acceptors (Lipinski definition) is 5. The van der Waals surface area contributed by atoms with Gasteiger partial charge in [0.15, 0.2) is 0 Å². The van der Waals surface area contributed by atoms with E-state index in [0.29, 0.717) is 19.1 Å². The van der Waals surface area contributed by atoms with Crippen LogP contribution in [0.15, 0.2) is 24.3 Å². The average molecular weight is 378 g/mol. The van der Waals surface area contributed by atoms with Crippen LogP contribution in [0.1, 0.15) is 57.9 Å². The molecule has 2 N–H and O–H groups in total. The van der Waals surface area contributed by atoms with Crippen molar-refractivity contribution in [3.05, 3.63) is 29.8 Å². The Kier molecular flexibility index (Phi) is 8.58. The highest BCUT2D eigenvalue weighted by Gasteiger charge is 2.21. The SMILES string of the molecule is COc1ccc(CC(C)(C)NCC(O)CC(=O)OCC2CCCCC2)cc1. The Balaban J connectivity index is 1.67. The normalized spacial score (nSPS) is 16.7. The molecule has 1 saturated carbocycles. The summed E-state index contributed by atoms with van der Waals surface area (Å²) in [6.45, 7) is 5.04. The van der Waals surface area contributed by atoms with Crippen LogP contribution < -0.4 is 10.1 Å². The molecule has 27 heavy (non-hydrogen) atoms. The van der Waals surface area contributed by atoms with E-state index in [2.05, 4.69) is 19.2 Å². The maximum absolute atomic E-state index is 12.0. The first kappa shape index (κ1) is 21.7. The molecule has 0 heterocycles. The van der Waals surface area contributed by atoms with Crippen LogP contribution in [0.25, 0.3) is 0 Å². The quantitative estimate of drug-likeness (QED) is 0.611. The van der Waals surface area contributed by atoms with E-state index in [1.165, 1.54) is 24.8 Å². The molecule has 0 amide bonds. The van der Waals surface area contributed by atoms with E-state index >= 15 is 0 Å². The molecule has 152 valence electrons. The molecule has 1 unspecified atom stereocenters. The van der Waals surface area contributed by atoms with Crippen molar-refractivity contribution in [2.45, 2.75) is 70.4 Å². The first-order valence-corrected chi connectivity index (χ1v) is 10.1. The molecule has 5 heteroatoms. The van der Waals surface area contributed by atoms with E-state index in [0.717, 1.165) is 25.0 Å². The van der Waals surface area contributed by atoms with Gasteiger partial charge in [0.25, 0.3) is 0 Å². The first-order chi connectivity index (χ1) is 12.9. The van der Waals surface area contributed by atoms with Crippen LogP contribution in [0.5, 0.6) is 5.75 Å². The minimum atomic E-state index is -0.737. The third-order valence-corrected chi connectivity index (χ3v) is 5.23. The summed E-state index contributed by atoms with van der Waals surface area (Å²) in [5, 5.41) is 13.5. The lowest BCUT2D eigenvalue weighted by Crippen LogP contribution is -2.45. The number of ether oxygens (including phenoxy) is 2. The number of aliphatic hydroxyl groups is 1. The van der Waals surface area contributed by atoms with Crippen LogP contribution in [0.4, 0.5) is 0 Å². The van der Waals surface area contributed by atoms with Gasteiger partial charge in [0.2, 0.25) is 0 Å². The van der Waals surface area contributed by atoms with Crippen LogP contribution in [0, 0.1) is 5.92 Å². The fourth-order valence-electron chi connectivity index (χ4n) is 3.60. The maximum atomic E-state index is 12.0. The average Bonchev–Trinajstić information content (AvgIpc) is 2.66. The zero-order chi connectivity index (χ0) is 19.7. The molecule has 1 aromatic rings. The Labute approximate surface area is 163 Å². The van der Waals surface area contributed by atoms with Crippen LogP contribution in [0.3, 0.4) is 0 Å². The molecule has 0 radical (unpaired) electrons. The number of carbonyl (C=O) groups excluding carboxylic acids is 1. The van der Waals surface area contributed by atoms with Gasteiger partial charge in [-0.25, -0.2) is 0 Å². The summed E-state index contributed by atoms with van der Waals surface area (Å²) in [6, 6.07) is 7.98. The zero-order valence-corrected chi connectivity index (χ0v) is 17.0. The van der Waals surface area contributed by atoms with Crippen molar-refractivity contribution >= 4 is 5.97 Å². The third kappa shape index (κ3) is 8.31. The highest BCUT2D eigenvalue weighted by atomic mass is 16.5. The lowest BCUT2D eigenvalue weighted by Gasteiger charge is -2.28. The number of hydrogen-bond donors (Lipinski definition) is 2. The van der Waals surface area contributed by atoms with Gasteiger partial charge in [-0.05, 0) is 56.7 Å². The van der Waals surface area contributed by atoms with Crippen LogP contribution in [-0.2, 0) is 16.0 Å². The summed E-state index contributed by atoms with van der Waals surface area (Å²) >= 11 is 0. The second-order valence-electron chi connectivity index (χ2n) is 8.33. The van der Waals surface area contributed by atoms with Gasteiger partial charge >= 0.3 is 5.97 Å². The smallest absolute Gasteiger partial charge is 0.308 e. The molecule has 0 bridgehead atoms. The highest BCUT2D eigenvalue weighted by Crippen LogP contribution is 2.23.